The van der Waals surface area contributed by atoms with Gasteiger partial charge < -0.3 is 10.0 Å². The van der Waals surface area contributed by atoms with Crippen molar-refractivity contribution >= 4 is 11.9 Å². The van der Waals surface area contributed by atoms with E-state index in [1.54, 1.807) is 0 Å². The highest BCUT2D eigenvalue weighted by Crippen LogP contribution is 2.51. The van der Waals surface area contributed by atoms with E-state index in [4.69, 9.17) is 9.90 Å². The molecule has 7 nitrogen and oxygen atoms in total. The van der Waals surface area contributed by atoms with E-state index in [0.29, 0.717) is 17.4 Å². The first-order valence-corrected chi connectivity index (χ1v) is 10.2. The van der Waals surface area contributed by atoms with Gasteiger partial charge in [0, 0.05) is 38.1 Å². The van der Waals surface area contributed by atoms with Crippen LogP contribution in [0.4, 0.5) is 23.5 Å². The minimum atomic E-state index is -5.08. The molecular weight excluding hydrogens is 430 g/mol. The molecule has 1 saturated carbocycles. The molecule has 3 heterocycles. The van der Waals surface area contributed by atoms with E-state index in [1.807, 2.05) is 18.5 Å². The Kier molecular flexibility index (Phi) is 7.27. The van der Waals surface area contributed by atoms with Gasteiger partial charge in [-0.3, -0.25) is 9.88 Å². The van der Waals surface area contributed by atoms with Crippen molar-refractivity contribution < 1.29 is 27.5 Å². The number of carboxylic acids is 1. The van der Waals surface area contributed by atoms with Gasteiger partial charge in [-0.15, -0.1) is 0 Å². The number of rotatable bonds is 4. The highest BCUT2D eigenvalue weighted by Gasteiger charge is 2.47. The van der Waals surface area contributed by atoms with Crippen LogP contribution in [-0.4, -0.2) is 63.3 Å². The van der Waals surface area contributed by atoms with Gasteiger partial charge in [0.2, 0.25) is 5.95 Å². The first-order valence-electron chi connectivity index (χ1n) is 10.2. The Morgan fingerprint density at radius 3 is 2.31 bits per heavy atom. The minimum Gasteiger partial charge on any atom is -0.475 e. The number of halogens is 4. The molecule has 2 fully saturated rings. The Balaban J connectivity index is 0.000000360. The predicted octanol–water partition coefficient (Wildman–Crippen LogP) is 3.53. The van der Waals surface area contributed by atoms with Crippen LogP contribution in [0.5, 0.6) is 0 Å². The molecule has 0 bridgehead atoms. The molecule has 1 aliphatic carbocycles. The molecule has 174 valence electrons. The fourth-order valence-electron chi connectivity index (χ4n) is 4.22. The summed E-state index contributed by atoms with van der Waals surface area (Å²) < 4.78 is 44.7. The van der Waals surface area contributed by atoms with Gasteiger partial charge in [0.05, 0.1) is 12.4 Å². The van der Waals surface area contributed by atoms with Gasteiger partial charge in [-0.05, 0) is 49.8 Å². The van der Waals surface area contributed by atoms with Gasteiger partial charge in [0.1, 0.15) is 0 Å². The summed E-state index contributed by atoms with van der Waals surface area (Å²) in [5, 5.41) is 7.12. The number of carboxylic acid groups (broad SMARTS) is 1. The zero-order valence-corrected chi connectivity index (χ0v) is 17.6. The van der Waals surface area contributed by atoms with Crippen LogP contribution in [0.3, 0.4) is 0 Å². The molecule has 11 heteroatoms. The summed E-state index contributed by atoms with van der Waals surface area (Å²) >= 11 is 0. The van der Waals surface area contributed by atoms with Crippen LogP contribution in [0, 0.1) is 11.2 Å². The maximum Gasteiger partial charge on any atom is 0.490 e. The van der Waals surface area contributed by atoms with Gasteiger partial charge in [-0.2, -0.15) is 13.2 Å². The molecule has 2 aromatic heterocycles. The highest BCUT2D eigenvalue weighted by molar-refractivity contribution is 5.73. The van der Waals surface area contributed by atoms with Crippen molar-refractivity contribution in [3.63, 3.8) is 0 Å². The Morgan fingerprint density at radius 1 is 1.22 bits per heavy atom. The van der Waals surface area contributed by atoms with Crippen LogP contribution in [-0.2, 0) is 11.3 Å². The van der Waals surface area contributed by atoms with Crippen LogP contribution in [0.2, 0.25) is 0 Å². The molecule has 0 atom stereocenters. The van der Waals surface area contributed by atoms with Gasteiger partial charge in [-0.1, -0.05) is 6.07 Å². The Bertz CT molecular complexity index is 879. The van der Waals surface area contributed by atoms with Crippen LogP contribution >= 0.6 is 0 Å². The van der Waals surface area contributed by atoms with Crippen molar-refractivity contribution in [3.8, 4) is 0 Å². The maximum absolute atomic E-state index is 13.0. The van der Waals surface area contributed by atoms with Crippen LogP contribution in [0.1, 0.15) is 31.2 Å². The number of nitrogens with zero attached hydrogens (tertiary/aromatic N) is 5. The Labute approximate surface area is 183 Å². The number of carbonyl (C=O) groups is 1. The largest absolute Gasteiger partial charge is 0.490 e. The number of aliphatic carboxylic acids is 1. The molecule has 0 aromatic carbocycles. The number of piperidine rings is 1. The molecule has 1 N–H and O–H groups in total. The lowest BCUT2D eigenvalue weighted by Gasteiger charge is -2.54. The second-order valence-corrected chi connectivity index (χ2v) is 8.33. The van der Waals surface area contributed by atoms with Crippen LogP contribution < -0.4 is 4.90 Å². The van der Waals surface area contributed by atoms with E-state index in [2.05, 4.69) is 37.9 Å². The number of alkyl halides is 3. The van der Waals surface area contributed by atoms with E-state index in [1.165, 1.54) is 43.6 Å². The summed E-state index contributed by atoms with van der Waals surface area (Å²) in [6, 6.07) is 4.80. The molecule has 1 aliphatic heterocycles. The number of hydrogen-bond acceptors (Lipinski definition) is 6. The van der Waals surface area contributed by atoms with E-state index in [9.17, 15) is 17.6 Å². The summed E-state index contributed by atoms with van der Waals surface area (Å²) in [5.74, 6) is -2.48. The van der Waals surface area contributed by atoms with Gasteiger partial charge in [0.15, 0.2) is 5.82 Å². The average molecular weight is 455 g/mol. The summed E-state index contributed by atoms with van der Waals surface area (Å²) in [7, 11) is 2.21. The fraction of sp³-hybridized carbons (Fsp3) is 0.524. The number of pyridine rings is 1. The summed E-state index contributed by atoms with van der Waals surface area (Å²) in [6.07, 6.45) is 6.06. The van der Waals surface area contributed by atoms with Gasteiger partial charge in [0.25, 0.3) is 0 Å². The SMILES string of the molecule is CN(Cc1cccnc1)C1CC2(CCN(c3ncc(F)cn3)CC2)C1.O=C(O)C(F)(F)F. The molecule has 0 unspecified atom stereocenters. The molecule has 2 aliphatic rings. The van der Waals surface area contributed by atoms with Crippen molar-refractivity contribution in [1.29, 1.82) is 0 Å². The van der Waals surface area contributed by atoms with Crippen molar-refractivity contribution in [2.75, 3.05) is 25.0 Å². The smallest absolute Gasteiger partial charge is 0.475 e. The zero-order chi connectivity index (χ0) is 23.4. The summed E-state index contributed by atoms with van der Waals surface area (Å²) in [4.78, 5) is 25.9. The van der Waals surface area contributed by atoms with E-state index in [0.717, 1.165) is 19.6 Å². The third kappa shape index (κ3) is 6.12. The third-order valence-electron chi connectivity index (χ3n) is 6.07. The molecule has 4 rings (SSSR count). The number of anilines is 1. The summed E-state index contributed by atoms with van der Waals surface area (Å²) in [6.45, 7) is 2.89. The van der Waals surface area contributed by atoms with Crippen molar-refractivity contribution in [1.82, 2.24) is 19.9 Å². The number of hydrogen-bond donors (Lipinski definition) is 1. The lowest BCUT2D eigenvalue weighted by Crippen LogP contribution is -2.54. The third-order valence-corrected chi connectivity index (χ3v) is 6.07. The molecule has 0 radical (unpaired) electrons. The molecule has 1 spiro atoms. The average Bonchev–Trinajstić information content (AvgIpc) is 2.73. The van der Waals surface area contributed by atoms with E-state index >= 15 is 0 Å². The fourth-order valence-corrected chi connectivity index (χ4v) is 4.22. The second-order valence-electron chi connectivity index (χ2n) is 8.33. The second kappa shape index (κ2) is 9.76. The van der Waals surface area contributed by atoms with Crippen LogP contribution in [0.25, 0.3) is 0 Å². The minimum absolute atomic E-state index is 0.379. The predicted molar refractivity (Wildman–Crippen MR) is 108 cm³/mol. The first-order chi connectivity index (χ1) is 15.1. The first kappa shape index (κ1) is 23.8. The Morgan fingerprint density at radius 2 is 1.81 bits per heavy atom. The molecular formula is C21H25F4N5O2. The lowest BCUT2D eigenvalue weighted by atomic mass is 9.60. The molecule has 32 heavy (non-hydrogen) atoms. The van der Waals surface area contributed by atoms with E-state index in [-0.39, 0.29) is 5.82 Å². The standard InChI is InChI=1S/C19H24FN5.C2HF3O2/c1-24(14-15-3-2-6-21-11-15)17-9-19(10-17)4-7-25(8-5-19)18-22-12-16(20)13-23-18;3-2(4,5)1(6)7/h2-3,6,11-13,17H,4-5,7-10,14H2,1H3;(H,6,7). The van der Waals surface area contributed by atoms with Gasteiger partial charge in [-0.25, -0.2) is 19.2 Å². The normalized spacial score (nSPS) is 18.1. The summed E-state index contributed by atoms with van der Waals surface area (Å²) in [5.41, 5.74) is 1.75. The molecule has 1 saturated heterocycles. The number of aromatic nitrogens is 3. The van der Waals surface area contributed by atoms with Crippen molar-refractivity contribution in [3.05, 3.63) is 48.3 Å². The molecule has 2 aromatic rings. The van der Waals surface area contributed by atoms with Crippen molar-refractivity contribution in [2.45, 2.75) is 44.4 Å². The van der Waals surface area contributed by atoms with Gasteiger partial charge >= 0.3 is 12.1 Å². The topological polar surface area (TPSA) is 82.5 Å². The molecule has 0 amide bonds. The highest BCUT2D eigenvalue weighted by atomic mass is 19.4. The maximum atomic E-state index is 13.0. The van der Waals surface area contributed by atoms with Crippen LogP contribution in [0.15, 0.2) is 36.9 Å². The van der Waals surface area contributed by atoms with Crippen molar-refractivity contribution in [2.24, 2.45) is 5.41 Å². The monoisotopic (exact) mass is 455 g/mol. The Hall–Kier alpha value is -2.82. The van der Waals surface area contributed by atoms with E-state index < -0.39 is 12.1 Å². The quantitative estimate of drug-likeness (QED) is 0.707. The lowest BCUT2D eigenvalue weighted by molar-refractivity contribution is -0.192. The zero-order valence-electron chi connectivity index (χ0n) is 17.6.